The van der Waals surface area contributed by atoms with Crippen LogP contribution in [0.2, 0.25) is 0 Å². The van der Waals surface area contributed by atoms with Crippen molar-refractivity contribution < 1.29 is 4.84 Å². The molecule has 0 aliphatic heterocycles. The van der Waals surface area contributed by atoms with Gasteiger partial charge in [0.1, 0.15) is 17.4 Å². The molecular weight excluding hydrogens is 368 g/mol. The molecule has 1 aliphatic carbocycles. The maximum atomic E-state index is 6.12. The fourth-order valence-electron chi connectivity index (χ4n) is 2.58. The van der Waals surface area contributed by atoms with Crippen molar-refractivity contribution in [1.82, 2.24) is 9.71 Å². The number of nitrogens with zero attached hydrogens (tertiary/aromatic N) is 3. The minimum Gasteiger partial charge on any atom is -0.397 e. The van der Waals surface area contributed by atoms with E-state index in [1.54, 1.807) is 11.1 Å². The highest BCUT2D eigenvalue weighted by Gasteiger charge is 2.23. The smallest absolute Gasteiger partial charge is 0.249 e. The lowest BCUT2D eigenvalue weighted by Crippen LogP contribution is -2.22. The van der Waals surface area contributed by atoms with Gasteiger partial charge in [0.2, 0.25) is 5.90 Å². The molecule has 6 heteroatoms. The van der Waals surface area contributed by atoms with E-state index < -0.39 is 0 Å². The number of hydrogen-bond donors (Lipinski definition) is 1. The highest BCUT2D eigenvalue weighted by atomic mass is 79.9. The van der Waals surface area contributed by atoms with Crippen molar-refractivity contribution in [1.29, 1.82) is 0 Å². The molecule has 1 heterocycles. The Labute approximate surface area is 148 Å². The lowest BCUT2D eigenvalue weighted by Gasteiger charge is -2.12. The Hall–Kier alpha value is -2.34. The number of anilines is 1. The normalized spacial score (nSPS) is 15.0. The number of nitrogens with two attached hydrogens (primary N) is 1. The summed E-state index contributed by atoms with van der Waals surface area (Å²) in [5, 5.41) is 0. The van der Waals surface area contributed by atoms with Gasteiger partial charge in [0.25, 0.3) is 0 Å². The van der Waals surface area contributed by atoms with Crippen LogP contribution in [-0.2, 0) is 0 Å². The van der Waals surface area contributed by atoms with Crippen molar-refractivity contribution in [3.8, 4) is 0 Å². The number of imidazole rings is 1. The first kappa shape index (κ1) is 15.2. The molecule has 5 nitrogen and oxygen atoms in total. The number of aryl methyl sites for hydroxylation is 1. The van der Waals surface area contributed by atoms with Crippen LogP contribution in [0.1, 0.15) is 24.0 Å². The number of aromatic nitrogens is 2. The van der Waals surface area contributed by atoms with Crippen molar-refractivity contribution in [3.05, 3.63) is 58.3 Å². The average Bonchev–Trinajstić information content (AvgIpc) is 3.27. The van der Waals surface area contributed by atoms with Gasteiger partial charge in [-0.15, -0.1) is 0 Å². The van der Waals surface area contributed by atoms with Gasteiger partial charge in [0, 0.05) is 10.0 Å². The molecule has 0 radical (unpaired) electrons. The first-order valence-corrected chi connectivity index (χ1v) is 8.65. The summed E-state index contributed by atoms with van der Waals surface area (Å²) in [6, 6.07) is 12.2. The molecule has 4 rings (SSSR count). The van der Waals surface area contributed by atoms with Crippen molar-refractivity contribution >= 4 is 38.5 Å². The summed E-state index contributed by atoms with van der Waals surface area (Å²) in [6.07, 6.45) is 3.86. The van der Waals surface area contributed by atoms with Gasteiger partial charge in [0.05, 0.1) is 11.7 Å². The summed E-state index contributed by atoms with van der Waals surface area (Å²) in [6.45, 7) is 2.06. The maximum absolute atomic E-state index is 6.12. The Bertz CT molecular complexity index is 943. The molecule has 24 heavy (non-hydrogen) atoms. The van der Waals surface area contributed by atoms with E-state index in [9.17, 15) is 0 Å². The van der Waals surface area contributed by atoms with Crippen LogP contribution < -0.4 is 10.6 Å². The second-order valence-corrected chi connectivity index (χ2v) is 6.92. The molecule has 0 spiro atoms. The van der Waals surface area contributed by atoms with Gasteiger partial charge in [-0.3, -0.25) is 0 Å². The van der Waals surface area contributed by atoms with Crippen molar-refractivity contribution in [2.24, 2.45) is 4.99 Å². The van der Waals surface area contributed by atoms with Gasteiger partial charge in [-0.2, -0.15) is 4.73 Å². The van der Waals surface area contributed by atoms with Gasteiger partial charge in [-0.25, -0.2) is 9.98 Å². The fourth-order valence-corrected chi connectivity index (χ4v) is 3.04. The topological polar surface area (TPSA) is 65.4 Å². The number of rotatable bonds is 3. The molecule has 1 aliphatic rings. The Morgan fingerprint density at radius 3 is 2.88 bits per heavy atom. The van der Waals surface area contributed by atoms with E-state index in [0.29, 0.717) is 23.1 Å². The summed E-state index contributed by atoms with van der Waals surface area (Å²) in [4.78, 5) is 15.2. The quantitative estimate of drug-likeness (QED) is 0.425. The van der Waals surface area contributed by atoms with Crippen LogP contribution in [0.25, 0.3) is 11.0 Å². The largest absolute Gasteiger partial charge is 0.397 e. The number of benzene rings is 2. The van der Waals surface area contributed by atoms with Crippen LogP contribution in [-0.4, -0.2) is 21.7 Å². The van der Waals surface area contributed by atoms with E-state index >= 15 is 0 Å². The van der Waals surface area contributed by atoms with E-state index in [1.165, 1.54) is 0 Å². The number of halogens is 1. The van der Waals surface area contributed by atoms with E-state index in [1.807, 2.05) is 30.3 Å². The van der Waals surface area contributed by atoms with Gasteiger partial charge < -0.3 is 10.6 Å². The molecule has 0 bridgehead atoms. The summed E-state index contributed by atoms with van der Waals surface area (Å²) in [7, 11) is 0. The fraction of sp³-hybridized carbons (Fsp3) is 0.222. The van der Waals surface area contributed by atoms with Crippen molar-refractivity contribution in [2.45, 2.75) is 25.8 Å². The molecular formula is C18H17BrN4O. The number of fused-ring (bicyclic) bond motifs is 1. The molecule has 2 aromatic carbocycles. The van der Waals surface area contributed by atoms with Gasteiger partial charge in [-0.05, 0) is 43.5 Å². The summed E-state index contributed by atoms with van der Waals surface area (Å²) in [5.74, 6) is 0.619. The second kappa shape index (κ2) is 5.94. The SMILES string of the molecule is Cc1ccccc1C(=NC1CC1)On1cnc2c(N)cc(Br)cc21. The third kappa shape index (κ3) is 2.89. The Morgan fingerprint density at radius 2 is 2.12 bits per heavy atom. The molecule has 3 aromatic rings. The van der Waals surface area contributed by atoms with Crippen LogP contribution in [0.5, 0.6) is 0 Å². The molecule has 0 amide bonds. The van der Waals surface area contributed by atoms with Crippen LogP contribution in [0.15, 0.2) is 52.2 Å². The molecule has 2 N–H and O–H groups in total. The van der Waals surface area contributed by atoms with Crippen molar-refractivity contribution in [2.75, 3.05) is 5.73 Å². The van der Waals surface area contributed by atoms with E-state index in [2.05, 4.69) is 33.9 Å². The van der Waals surface area contributed by atoms with Crippen LogP contribution in [0.4, 0.5) is 5.69 Å². The number of aliphatic imine (C=N–C) groups is 1. The zero-order valence-corrected chi connectivity index (χ0v) is 14.8. The second-order valence-electron chi connectivity index (χ2n) is 6.00. The minimum atomic E-state index is 0.353. The third-order valence-corrected chi connectivity index (χ3v) is 4.48. The Morgan fingerprint density at radius 1 is 1.33 bits per heavy atom. The average molecular weight is 385 g/mol. The third-order valence-electron chi connectivity index (χ3n) is 4.02. The minimum absolute atomic E-state index is 0.353. The van der Waals surface area contributed by atoms with Crippen LogP contribution >= 0.6 is 15.9 Å². The van der Waals surface area contributed by atoms with E-state index in [0.717, 1.165) is 34.0 Å². The molecule has 1 saturated carbocycles. The van der Waals surface area contributed by atoms with E-state index in [4.69, 9.17) is 15.6 Å². The predicted molar refractivity (Wildman–Crippen MR) is 99.2 cm³/mol. The van der Waals surface area contributed by atoms with Gasteiger partial charge in [0.15, 0.2) is 0 Å². The van der Waals surface area contributed by atoms with Crippen molar-refractivity contribution in [3.63, 3.8) is 0 Å². The number of hydrogen-bond acceptors (Lipinski definition) is 4. The van der Waals surface area contributed by atoms with Gasteiger partial charge >= 0.3 is 0 Å². The Balaban J connectivity index is 1.78. The molecule has 0 atom stereocenters. The van der Waals surface area contributed by atoms with Gasteiger partial charge in [-0.1, -0.05) is 34.1 Å². The molecule has 1 fully saturated rings. The summed E-state index contributed by atoms with van der Waals surface area (Å²) < 4.78 is 2.51. The molecule has 122 valence electrons. The zero-order chi connectivity index (χ0) is 16.7. The molecule has 0 unspecified atom stereocenters. The lowest BCUT2D eigenvalue weighted by atomic mass is 10.1. The lowest BCUT2D eigenvalue weighted by molar-refractivity contribution is 0.274. The van der Waals surface area contributed by atoms with Crippen LogP contribution in [0, 0.1) is 6.92 Å². The summed E-state index contributed by atoms with van der Waals surface area (Å²) >= 11 is 3.47. The standard InChI is InChI=1S/C18H17BrN4O/c1-11-4-2-3-5-14(11)18(22-13-6-7-13)24-23-10-21-17-15(20)8-12(19)9-16(17)23/h2-5,8-10,13H,6-7,20H2,1H3. The first-order chi connectivity index (χ1) is 11.6. The molecule has 0 saturated heterocycles. The highest BCUT2D eigenvalue weighted by molar-refractivity contribution is 9.10. The highest BCUT2D eigenvalue weighted by Crippen LogP contribution is 2.27. The zero-order valence-electron chi connectivity index (χ0n) is 13.2. The maximum Gasteiger partial charge on any atom is 0.249 e. The monoisotopic (exact) mass is 384 g/mol. The van der Waals surface area contributed by atoms with Crippen LogP contribution in [0.3, 0.4) is 0 Å². The first-order valence-electron chi connectivity index (χ1n) is 7.86. The predicted octanol–water partition coefficient (Wildman–Crippen LogP) is 3.73. The molecule has 1 aromatic heterocycles. The van der Waals surface area contributed by atoms with E-state index in [-0.39, 0.29) is 0 Å². The number of nitrogen functional groups attached to an aromatic ring is 1. The Kier molecular flexibility index (Phi) is 3.76. The summed E-state index contributed by atoms with van der Waals surface area (Å²) in [5.41, 5.74) is 10.3.